The largest absolute Gasteiger partial charge is 0.468 e. The van der Waals surface area contributed by atoms with Gasteiger partial charge in [0.1, 0.15) is 5.82 Å². The van der Waals surface area contributed by atoms with E-state index in [1.54, 1.807) is 18.2 Å². The molecule has 0 saturated carbocycles. The molecule has 0 aliphatic heterocycles. The van der Waals surface area contributed by atoms with Gasteiger partial charge in [0, 0.05) is 25.4 Å². The molecule has 9 heteroatoms. The SMILES string of the molecule is CCNC(=NCc1ccc(OCC(F)(F)F)nc1)NCCc1ccc(F)cc1. The van der Waals surface area contributed by atoms with Gasteiger partial charge in [-0.2, -0.15) is 13.2 Å². The molecule has 2 aromatic rings. The van der Waals surface area contributed by atoms with E-state index in [-0.39, 0.29) is 11.7 Å². The Bertz CT molecular complexity index is 746. The number of hydrogen-bond donors (Lipinski definition) is 2. The Hall–Kier alpha value is -2.84. The van der Waals surface area contributed by atoms with Crippen molar-refractivity contribution in [3.05, 3.63) is 59.5 Å². The highest BCUT2D eigenvalue weighted by Crippen LogP contribution is 2.17. The van der Waals surface area contributed by atoms with E-state index in [4.69, 9.17) is 0 Å². The number of guanidine groups is 1. The van der Waals surface area contributed by atoms with Gasteiger partial charge in [-0.25, -0.2) is 14.4 Å². The highest BCUT2D eigenvalue weighted by atomic mass is 19.4. The minimum absolute atomic E-state index is 0.0885. The van der Waals surface area contributed by atoms with E-state index >= 15 is 0 Å². The lowest BCUT2D eigenvalue weighted by Crippen LogP contribution is -2.38. The van der Waals surface area contributed by atoms with E-state index in [0.717, 1.165) is 11.1 Å². The van der Waals surface area contributed by atoms with E-state index in [1.807, 2.05) is 6.92 Å². The zero-order valence-electron chi connectivity index (χ0n) is 15.4. The first kappa shape index (κ1) is 21.5. The van der Waals surface area contributed by atoms with Gasteiger partial charge in [-0.05, 0) is 36.6 Å². The summed E-state index contributed by atoms with van der Waals surface area (Å²) in [4.78, 5) is 8.27. The number of nitrogens with one attached hydrogen (secondary N) is 2. The van der Waals surface area contributed by atoms with Crippen molar-refractivity contribution in [1.29, 1.82) is 0 Å². The normalized spacial score (nSPS) is 12.0. The topological polar surface area (TPSA) is 58.5 Å². The fourth-order valence-corrected chi connectivity index (χ4v) is 2.23. The Labute approximate surface area is 160 Å². The van der Waals surface area contributed by atoms with Crippen molar-refractivity contribution in [2.45, 2.75) is 26.1 Å². The summed E-state index contributed by atoms with van der Waals surface area (Å²) in [5, 5.41) is 6.28. The van der Waals surface area contributed by atoms with Crippen molar-refractivity contribution in [2.24, 2.45) is 4.99 Å². The average molecular weight is 398 g/mol. The lowest BCUT2D eigenvalue weighted by molar-refractivity contribution is -0.154. The van der Waals surface area contributed by atoms with Crippen LogP contribution in [0.3, 0.4) is 0 Å². The number of aliphatic imine (C=N–C) groups is 1. The highest BCUT2D eigenvalue weighted by molar-refractivity contribution is 5.79. The summed E-state index contributed by atoms with van der Waals surface area (Å²) in [6.07, 6.45) is -2.26. The molecule has 0 bridgehead atoms. The van der Waals surface area contributed by atoms with Gasteiger partial charge < -0.3 is 15.4 Å². The number of nitrogens with zero attached hydrogens (tertiary/aromatic N) is 2. The predicted octanol–water partition coefficient (Wildman–Crippen LogP) is 3.46. The number of aromatic nitrogens is 1. The Morgan fingerprint density at radius 2 is 1.79 bits per heavy atom. The number of benzene rings is 1. The van der Waals surface area contributed by atoms with E-state index in [0.29, 0.717) is 32.0 Å². The zero-order valence-corrected chi connectivity index (χ0v) is 15.4. The first-order valence-electron chi connectivity index (χ1n) is 8.77. The summed E-state index contributed by atoms with van der Waals surface area (Å²) >= 11 is 0. The number of pyridine rings is 1. The third-order valence-electron chi connectivity index (χ3n) is 3.56. The molecule has 0 atom stereocenters. The van der Waals surface area contributed by atoms with Crippen LogP contribution in [0.25, 0.3) is 0 Å². The summed E-state index contributed by atoms with van der Waals surface area (Å²) in [7, 11) is 0. The van der Waals surface area contributed by atoms with Crippen LogP contribution in [0.1, 0.15) is 18.1 Å². The number of ether oxygens (including phenoxy) is 1. The second-order valence-electron chi connectivity index (χ2n) is 5.91. The van der Waals surface area contributed by atoms with Crippen LogP contribution in [0.15, 0.2) is 47.6 Å². The van der Waals surface area contributed by atoms with Crippen molar-refractivity contribution in [3.8, 4) is 5.88 Å². The van der Waals surface area contributed by atoms with E-state index in [2.05, 4.69) is 25.3 Å². The van der Waals surface area contributed by atoms with Crippen LogP contribution in [-0.4, -0.2) is 36.8 Å². The molecule has 0 fully saturated rings. The number of alkyl halides is 3. The monoisotopic (exact) mass is 398 g/mol. The van der Waals surface area contributed by atoms with Crippen molar-refractivity contribution < 1.29 is 22.3 Å². The summed E-state index contributed by atoms with van der Waals surface area (Å²) in [5.74, 6) is 0.242. The summed E-state index contributed by atoms with van der Waals surface area (Å²) in [6.45, 7) is 2.15. The van der Waals surface area contributed by atoms with Gasteiger partial charge >= 0.3 is 6.18 Å². The minimum atomic E-state index is -4.40. The number of halogens is 4. The minimum Gasteiger partial charge on any atom is -0.468 e. The summed E-state index contributed by atoms with van der Waals surface area (Å²) < 4.78 is 53.9. The summed E-state index contributed by atoms with van der Waals surface area (Å²) in [6, 6.07) is 9.30. The highest BCUT2D eigenvalue weighted by Gasteiger charge is 2.28. The smallest absolute Gasteiger partial charge is 0.422 e. The Morgan fingerprint density at radius 1 is 1.07 bits per heavy atom. The quantitative estimate of drug-likeness (QED) is 0.406. The average Bonchev–Trinajstić information content (AvgIpc) is 2.66. The van der Waals surface area contributed by atoms with Crippen LogP contribution < -0.4 is 15.4 Å². The lowest BCUT2D eigenvalue weighted by Gasteiger charge is -2.11. The zero-order chi connectivity index (χ0) is 20.4. The van der Waals surface area contributed by atoms with Crippen LogP contribution in [-0.2, 0) is 13.0 Å². The van der Waals surface area contributed by atoms with Gasteiger partial charge in [-0.3, -0.25) is 0 Å². The first-order chi connectivity index (χ1) is 13.4. The maximum Gasteiger partial charge on any atom is 0.422 e. The molecule has 5 nitrogen and oxygen atoms in total. The van der Waals surface area contributed by atoms with Gasteiger partial charge in [0.15, 0.2) is 12.6 Å². The number of hydrogen-bond acceptors (Lipinski definition) is 3. The second kappa shape index (κ2) is 10.5. The summed E-state index contributed by atoms with van der Waals surface area (Å²) in [5.41, 5.74) is 1.73. The number of rotatable bonds is 8. The molecule has 1 aromatic carbocycles. The first-order valence-corrected chi connectivity index (χ1v) is 8.77. The molecule has 0 aliphatic carbocycles. The van der Waals surface area contributed by atoms with E-state index < -0.39 is 12.8 Å². The standard InChI is InChI=1S/C19H22F4N4O/c1-2-24-18(25-10-9-14-3-6-16(20)7-4-14)27-12-15-5-8-17(26-11-15)28-13-19(21,22)23/h3-8,11H,2,9-10,12-13H2,1H3,(H2,24,25,27). The molecule has 0 saturated heterocycles. The van der Waals surface area contributed by atoms with Crippen LogP contribution in [0, 0.1) is 5.82 Å². The third kappa shape index (κ3) is 8.24. The Morgan fingerprint density at radius 3 is 2.39 bits per heavy atom. The maximum absolute atomic E-state index is 12.9. The van der Waals surface area contributed by atoms with Crippen LogP contribution in [0.4, 0.5) is 17.6 Å². The van der Waals surface area contributed by atoms with Crippen molar-refractivity contribution in [1.82, 2.24) is 15.6 Å². The van der Waals surface area contributed by atoms with E-state index in [1.165, 1.54) is 24.4 Å². The van der Waals surface area contributed by atoms with Crippen molar-refractivity contribution in [3.63, 3.8) is 0 Å². The molecule has 2 N–H and O–H groups in total. The molecule has 0 amide bonds. The van der Waals surface area contributed by atoms with Crippen LogP contribution in [0.2, 0.25) is 0 Å². The Kier molecular flexibility index (Phi) is 8.03. The predicted molar refractivity (Wildman–Crippen MR) is 98.7 cm³/mol. The maximum atomic E-state index is 12.9. The molecular weight excluding hydrogens is 376 g/mol. The molecule has 0 spiro atoms. The molecule has 152 valence electrons. The second-order valence-corrected chi connectivity index (χ2v) is 5.91. The van der Waals surface area contributed by atoms with Gasteiger partial charge in [0.2, 0.25) is 5.88 Å². The van der Waals surface area contributed by atoms with Crippen LogP contribution >= 0.6 is 0 Å². The molecule has 1 heterocycles. The molecule has 0 radical (unpaired) electrons. The molecule has 1 aromatic heterocycles. The molecule has 0 unspecified atom stereocenters. The van der Waals surface area contributed by atoms with Gasteiger partial charge in [-0.1, -0.05) is 18.2 Å². The van der Waals surface area contributed by atoms with Crippen molar-refractivity contribution in [2.75, 3.05) is 19.7 Å². The molecule has 2 rings (SSSR count). The van der Waals surface area contributed by atoms with Gasteiger partial charge in [0.25, 0.3) is 0 Å². The fraction of sp³-hybridized carbons (Fsp3) is 0.368. The Balaban J connectivity index is 1.84. The lowest BCUT2D eigenvalue weighted by atomic mass is 10.1. The van der Waals surface area contributed by atoms with Gasteiger partial charge in [0.05, 0.1) is 6.54 Å². The van der Waals surface area contributed by atoms with E-state index in [9.17, 15) is 17.6 Å². The molecule has 0 aliphatic rings. The third-order valence-corrected chi connectivity index (χ3v) is 3.56. The molecule has 28 heavy (non-hydrogen) atoms. The van der Waals surface area contributed by atoms with Gasteiger partial charge in [-0.15, -0.1) is 0 Å². The van der Waals surface area contributed by atoms with Crippen LogP contribution in [0.5, 0.6) is 5.88 Å². The van der Waals surface area contributed by atoms with Crippen molar-refractivity contribution >= 4 is 5.96 Å². The fourth-order valence-electron chi connectivity index (χ4n) is 2.23. The molecular formula is C19H22F4N4O.